The molecule has 3 amide bonds. The molecule has 1 aromatic rings. The number of nitrogens with zero attached hydrogens (tertiary/aromatic N) is 1. The van der Waals surface area contributed by atoms with E-state index in [1.165, 1.54) is 12.5 Å². The van der Waals surface area contributed by atoms with E-state index in [4.69, 9.17) is 5.73 Å². The summed E-state index contributed by atoms with van der Waals surface area (Å²) in [4.78, 5) is 57.3. The minimum absolute atomic E-state index is 0.0847. The predicted molar refractivity (Wildman–Crippen MR) is 127 cm³/mol. The Morgan fingerprint density at radius 2 is 1.53 bits per heavy atom. The van der Waals surface area contributed by atoms with Gasteiger partial charge in [0.15, 0.2) is 0 Å². The molecule has 0 saturated carbocycles. The van der Waals surface area contributed by atoms with Crippen LogP contribution in [0.2, 0.25) is 0 Å². The lowest BCUT2D eigenvalue weighted by atomic mass is 9.97. The molecule has 34 heavy (non-hydrogen) atoms. The van der Waals surface area contributed by atoms with Crippen molar-refractivity contribution in [3.63, 3.8) is 0 Å². The summed E-state index contributed by atoms with van der Waals surface area (Å²) in [6.45, 7) is 10.8. The van der Waals surface area contributed by atoms with Crippen LogP contribution in [0.1, 0.15) is 60.1 Å². The second-order valence-electron chi connectivity index (χ2n) is 9.19. The van der Waals surface area contributed by atoms with Gasteiger partial charge in [0.2, 0.25) is 17.7 Å². The lowest BCUT2D eigenvalue weighted by Crippen LogP contribution is -2.59. The number of rotatable bonds is 14. The first-order valence-corrected chi connectivity index (χ1v) is 11.8. The minimum Gasteiger partial charge on any atom is -0.480 e. The third-order valence-corrected chi connectivity index (χ3v) is 6.20. The van der Waals surface area contributed by atoms with Crippen molar-refractivity contribution in [2.75, 3.05) is 0 Å². The van der Waals surface area contributed by atoms with Crippen molar-refractivity contribution in [3.8, 4) is 0 Å². The number of H-pyrrole nitrogens is 1. The molecule has 1 aromatic heterocycles. The molecule has 1 heterocycles. The molecular weight excluding hydrogens is 440 g/mol. The van der Waals surface area contributed by atoms with E-state index in [9.17, 15) is 24.3 Å². The maximum absolute atomic E-state index is 13.2. The van der Waals surface area contributed by atoms with Crippen LogP contribution in [0.25, 0.3) is 0 Å². The van der Waals surface area contributed by atoms with Gasteiger partial charge in [0, 0.05) is 18.3 Å². The number of aromatic nitrogens is 2. The fourth-order valence-electron chi connectivity index (χ4n) is 3.32. The molecule has 192 valence electrons. The van der Waals surface area contributed by atoms with Crippen LogP contribution in [-0.2, 0) is 25.6 Å². The molecule has 0 radical (unpaired) electrons. The minimum atomic E-state index is -1.14. The van der Waals surface area contributed by atoms with Crippen molar-refractivity contribution in [2.45, 2.75) is 85.0 Å². The summed E-state index contributed by atoms with van der Waals surface area (Å²) in [5, 5.41) is 17.4. The molecule has 0 fully saturated rings. The van der Waals surface area contributed by atoms with Crippen molar-refractivity contribution in [2.24, 2.45) is 23.5 Å². The van der Waals surface area contributed by atoms with Gasteiger partial charge in [-0.1, -0.05) is 54.4 Å². The third kappa shape index (κ3) is 8.44. The second kappa shape index (κ2) is 13.7. The Morgan fingerprint density at radius 3 is 2.00 bits per heavy atom. The molecule has 11 nitrogen and oxygen atoms in total. The predicted octanol–water partition coefficient (Wildman–Crippen LogP) is 0.567. The number of carbonyl (C=O) groups is 4. The zero-order valence-electron chi connectivity index (χ0n) is 20.9. The molecule has 0 saturated heterocycles. The molecule has 0 bridgehead atoms. The molecule has 7 N–H and O–H groups in total. The molecular formula is C23H40N6O5. The summed E-state index contributed by atoms with van der Waals surface area (Å²) in [6.07, 6.45) is 4.37. The highest BCUT2D eigenvalue weighted by Crippen LogP contribution is 2.11. The Hall–Kier alpha value is -2.95. The first-order chi connectivity index (χ1) is 15.9. The number of aliphatic carboxylic acids is 1. The van der Waals surface area contributed by atoms with Gasteiger partial charge in [0.05, 0.1) is 12.4 Å². The molecule has 0 aliphatic carbocycles. The zero-order chi connectivity index (χ0) is 26.0. The van der Waals surface area contributed by atoms with Crippen molar-refractivity contribution in [1.29, 1.82) is 0 Å². The Bertz CT molecular complexity index is 813. The summed E-state index contributed by atoms with van der Waals surface area (Å²) in [6, 6.07) is -3.88. The van der Waals surface area contributed by atoms with E-state index < -0.39 is 47.9 Å². The van der Waals surface area contributed by atoms with Crippen LogP contribution in [0, 0.1) is 17.8 Å². The summed E-state index contributed by atoms with van der Waals surface area (Å²) < 4.78 is 0. The number of nitrogens with two attached hydrogens (primary N) is 1. The summed E-state index contributed by atoms with van der Waals surface area (Å²) in [5.41, 5.74) is 6.65. The molecule has 6 unspecified atom stereocenters. The average molecular weight is 481 g/mol. The van der Waals surface area contributed by atoms with Crippen molar-refractivity contribution < 1.29 is 24.3 Å². The van der Waals surface area contributed by atoms with Gasteiger partial charge >= 0.3 is 5.97 Å². The SMILES string of the molecule is CCC(C)C(N)C(=O)NC(Cc1cnc[nH]1)C(=O)NC(C(=O)NC(C(=O)O)C(C)CC)C(C)C. The Balaban J connectivity index is 3.05. The van der Waals surface area contributed by atoms with Crippen molar-refractivity contribution in [1.82, 2.24) is 25.9 Å². The largest absolute Gasteiger partial charge is 0.480 e. The average Bonchev–Trinajstić information content (AvgIpc) is 3.31. The second-order valence-corrected chi connectivity index (χ2v) is 9.19. The normalized spacial score (nSPS) is 16.6. The first-order valence-electron chi connectivity index (χ1n) is 11.8. The molecule has 0 aromatic carbocycles. The van der Waals surface area contributed by atoms with Crippen LogP contribution in [0.5, 0.6) is 0 Å². The van der Waals surface area contributed by atoms with Gasteiger partial charge in [0.1, 0.15) is 18.1 Å². The number of hydrogen-bond donors (Lipinski definition) is 6. The first kappa shape index (κ1) is 29.1. The Morgan fingerprint density at radius 1 is 0.941 bits per heavy atom. The van der Waals surface area contributed by atoms with E-state index >= 15 is 0 Å². The van der Waals surface area contributed by atoms with Crippen LogP contribution in [-0.4, -0.2) is 62.9 Å². The number of amides is 3. The van der Waals surface area contributed by atoms with E-state index in [1.807, 2.05) is 20.8 Å². The Labute approximate surface area is 201 Å². The van der Waals surface area contributed by atoms with Gasteiger partial charge in [-0.2, -0.15) is 0 Å². The number of carboxylic acid groups (broad SMARTS) is 1. The number of hydrogen-bond acceptors (Lipinski definition) is 6. The van der Waals surface area contributed by atoms with Crippen LogP contribution in [0.4, 0.5) is 0 Å². The maximum Gasteiger partial charge on any atom is 0.326 e. The van der Waals surface area contributed by atoms with Gasteiger partial charge in [0.25, 0.3) is 0 Å². The quantitative estimate of drug-likeness (QED) is 0.225. The van der Waals surface area contributed by atoms with Crippen LogP contribution in [0.15, 0.2) is 12.5 Å². The van der Waals surface area contributed by atoms with Crippen molar-refractivity contribution >= 4 is 23.7 Å². The van der Waals surface area contributed by atoms with Gasteiger partial charge in [-0.25, -0.2) is 9.78 Å². The smallest absolute Gasteiger partial charge is 0.326 e. The third-order valence-electron chi connectivity index (χ3n) is 6.20. The standard InChI is InChI=1S/C23H40N6O5/c1-7-13(5)17(24)21(31)27-16(9-15-10-25-11-26-15)20(30)28-18(12(3)4)22(32)29-19(23(33)34)14(6)8-2/h10-14,16-19H,7-9,24H2,1-6H3,(H,25,26)(H,27,31)(H,28,30)(H,29,32)(H,33,34). The summed E-state index contributed by atoms with van der Waals surface area (Å²) >= 11 is 0. The van der Waals surface area contributed by atoms with Crippen molar-refractivity contribution in [3.05, 3.63) is 18.2 Å². The topological polar surface area (TPSA) is 179 Å². The van der Waals surface area contributed by atoms with Gasteiger partial charge in [-0.05, 0) is 17.8 Å². The zero-order valence-corrected chi connectivity index (χ0v) is 20.9. The van der Waals surface area contributed by atoms with E-state index in [1.54, 1.807) is 20.8 Å². The highest BCUT2D eigenvalue weighted by atomic mass is 16.4. The number of carboxylic acids is 1. The fourth-order valence-corrected chi connectivity index (χ4v) is 3.32. The number of aromatic amines is 1. The monoisotopic (exact) mass is 480 g/mol. The highest BCUT2D eigenvalue weighted by molar-refractivity contribution is 5.94. The summed E-state index contributed by atoms with van der Waals surface area (Å²) in [5.74, 6) is -3.50. The summed E-state index contributed by atoms with van der Waals surface area (Å²) in [7, 11) is 0. The number of nitrogens with one attached hydrogen (secondary N) is 4. The van der Waals surface area contributed by atoms with E-state index in [2.05, 4.69) is 25.9 Å². The lowest BCUT2D eigenvalue weighted by Gasteiger charge is -2.28. The fraction of sp³-hybridized carbons (Fsp3) is 0.696. The number of carbonyl (C=O) groups excluding carboxylic acids is 3. The molecule has 6 atom stereocenters. The van der Waals surface area contributed by atoms with E-state index in [0.717, 1.165) is 0 Å². The molecule has 0 aliphatic rings. The molecule has 1 rings (SSSR count). The lowest BCUT2D eigenvalue weighted by molar-refractivity contribution is -0.144. The highest BCUT2D eigenvalue weighted by Gasteiger charge is 2.33. The van der Waals surface area contributed by atoms with E-state index in [0.29, 0.717) is 18.5 Å². The van der Waals surface area contributed by atoms with Crippen LogP contribution in [0.3, 0.4) is 0 Å². The van der Waals surface area contributed by atoms with Gasteiger partial charge in [-0.15, -0.1) is 0 Å². The van der Waals surface area contributed by atoms with Gasteiger partial charge < -0.3 is 31.8 Å². The molecule has 0 spiro atoms. The maximum atomic E-state index is 13.2. The van der Waals surface area contributed by atoms with Gasteiger partial charge in [-0.3, -0.25) is 14.4 Å². The molecule has 11 heteroatoms. The van der Waals surface area contributed by atoms with Crippen LogP contribution >= 0.6 is 0 Å². The van der Waals surface area contributed by atoms with E-state index in [-0.39, 0.29) is 24.2 Å². The molecule has 0 aliphatic heterocycles. The Kier molecular flexibility index (Phi) is 11.7. The van der Waals surface area contributed by atoms with Crippen LogP contribution < -0.4 is 21.7 Å². The number of imidazole rings is 1.